The number of piperazine rings is 1. The molecule has 0 unspecified atom stereocenters. The van der Waals surface area contributed by atoms with Crippen LogP contribution < -0.4 is 15.8 Å². The SMILES string of the molecule is CCc1ccc(-n2nc3c4cc(N5CCNCC5)ccc4[nH]cc-3c2=O)cc1. The number of H-pyrrole nitrogens is 1. The molecular formula is C22H23N5O. The van der Waals surface area contributed by atoms with Gasteiger partial charge in [0, 0.05) is 49.0 Å². The Bertz CT molecular complexity index is 1150. The molecule has 1 saturated heterocycles. The van der Waals surface area contributed by atoms with Crippen LogP contribution >= 0.6 is 0 Å². The normalized spacial score (nSPS) is 14.8. The molecule has 3 aliphatic heterocycles. The van der Waals surface area contributed by atoms with Crippen molar-refractivity contribution in [3.05, 3.63) is 64.6 Å². The van der Waals surface area contributed by atoms with Gasteiger partial charge >= 0.3 is 0 Å². The molecule has 2 N–H and O–H groups in total. The Balaban J connectivity index is 1.65. The number of benzene rings is 2. The standard InChI is InChI=1S/C22H23N5O/c1-2-15-3-5-16(6-4-15)27-22(28)19-14-24-20-8-7-17(13-18(20)21(19)25-27)26-11-9-23-10-12-26/h3-8,13-14,23-24H,2,9-12H2,1H3. The summed E-state index contributed by atoms with van der Waals surface area (Å²) in [5.74, 6) is 0. The average molecular weight is 373 g/mol. The fourth-order valence-electron chi connectivity index (χ4n) is 3.92. The van der Waals surface area contributed by atoms with Gasteiger partial charge in [-0.05, 0) is 42.3 Å². The van der Waals surface area contributed by atoms with Crippen molar-refractivity contribution in [2.45, 2.75) is 13.3 Å². The molecule has 0 radical (unpaired) electrons. The maximum absolute atomic E-state index is 13.0. The van der Waals surface area contributed by atoms with E-state index in [9.17, 15) is 4.79 Å². The number of aryl methyl sites for hydroxylation is 1. The second-order valence-electron chi connectivity index (χ2n) is 7.25. The predicted octanol–water partition coefficient (Wildman–Crippen LogP) is 2.79. The van der Waals surface area contributed by atoms with E-state index in [0.29, 0.717) is 5.56 Å². The van der Waals surface area contributed by atoms with Crippen LogP contribution in [0.5, 0.6) is 0 Å². The van der Waals surface area contributed by atoms with Crippen LogP contribution in [-0.4, -0.2) is 40.9 Å². The molecule has 3 heterocycles. The molecule has 2 aromatic rings. The van der Waals surface area contributed by atoms with E-state index in [4.69, 9.17) is 5.10 Å². The number of nitrogens with zero attached hydrogens (tertiary/aromatic N) is 3. The van der Waals surface area contributed by atoms with Gasteiger partial charge in [-0.15, -0.1) is 0 Å². The number of fused-ring (bicyclic) bond motifs is 3. The lowest BCUT2D eigenvalue weighted by molar-refractivity contribution is 0.589. The lowest BCUT2D eigenvalue weighted by Gasteiger charge is -2.29. The van der Waals surface area contributed by atoms with Gasteiger partial charge < -0.3 is 15.2 Å². The molecule has 28 heavy (non-hydrogen) atoms. The molecule has 0 amide bonds. The number of aromatic nitrogens is 3. The first-order valence-corrected chi connectivity index (χ1v) is 9.84. The smallest absolute Gasteiger partial charge is 0.282 e. The van der Waals surface area contributed by atoms with Gasteiger partial charge in [-0.2, -0.15) is 9.78 Å². The fraction of sp³-hybridized carbons (Fsp3) is 0.273. The van der Waals surface area contributed by atoms with Crippen molar-refractivity contribution in [1.29, 1.82) is 0 Å². The first-order chi connectivity index (χ1) is 13.7. The highest BCUT2D eigenvalue weighted by atomic mass is 16.1. The Labute approximate surface area is 163 Å². The van der Waals surface area contributed by atoms with Gasteiger partial charge in [-0.1, -0.05) is 19.1 Å². The van der Waals surface area contributed by atoms with Crippen LogP contribution in [0.2, 0.25) is 0 Å². The Morgan fingerprint density at radius 1 is 1.04 bits per heavy atom. The third-order valence-electron chi connectivity index (χ3n) is 5.58. The highest BCUT2D eigenvalue weighted by molar-refractivity contribution is 5.95. The number of pyridine rings is 1. The highest BCUT2D eigenvalue weighted by Crippen LogP contribution is 2.29. The number of anilines is 1. The summed E-state index contributed by atoms with van der Waals surface area (Å²) in [5, 5.41) is 9.07. The van der Waals surface area contributed by atoms with Crippen molar-refractivity contribution >= 4 is 16.6 Å². The van der Waals surface area contributed by atoms with E-state index in [1.54, 1.807) is 6.20 Å². The van der Waals surface area contributed by atoms with Gasteiger partial charge in [0.2, 0.25) is 0 Å². The molecule has 0 saturated carbocycles. The zero-order valence-corrected chi connectivity index (χ0v) is 15.9. The number of rotatable bonds is 3. The molecule has 6 heteroatoms. The van der Waals surface area contributed by atoms with Crippen LogP contribution in [0.3, 0.4) is 0 Å². The van der Waals surface area contributed by atoms with Crippen LogP contribution in [0.25, 0.3) is 27.8 Å². The molecule has 0 aromatic heterocycles. The molecule has 0 aliphatic carbocycles. The van der Waals surface area contributed by atoms with E-state index in [-0.39, 0.29) is 5.56 Å². The number of aromatic amines is 1. The summed E-state index contributed by atoms with van der Waals surface area (Å²) in [7, 11) is 0. The molecule has 1 fully saturated rings. The Hall–Kier alpha value is -3.12. The van der Waals surface area contributed by atoms with E-state index < -0.39 is 0 Å². The summed E-state index contributed by atoms with van der Waals surface area (Å²) in [5.41, 5.74) is 5.46. The molecule has 0 spiro atoms. The summed E-state index contributed by atoms with van der Waals surface area (Å²) < 4.78 is 1.51. The van der Waals surface area contributed by atoms with Crippen LogP contribution in [0.4, 0.5) is 5.69 Å². The zero-order chi connectivity index (χ0) is 19.1. The first kappa shape index (κ1) is 17.0. The van der Waals surface area contributed by atoms with Crippen molar-refractivity contribution in [2.75, 3.05) is 31.1 Å². The van der Waals surface area contributed by atoms with Crippen LogP contribution in [0, 0.1) is 0 Å². The maximum atomic E-state index is 13.0. The van der Waals surface area contributed by atoms with Gasteiger partial charge in [0.15, 0.2) is 0 Å². The minimum absolute atomic E-state index is 0.0926. The lowest BCUT2D eigenvalue weighted by atomic mass is 10.1. The Morgan fingerprint density at radius 2 is 1.79 bits per heavy atom. The second-order valence-corrected chi connectivity index (χ2v) is 7.25. The van der Waals surface area contributed by atoms with Crippen LogP contribution in [-0.2, 0) is 6.42 Å². The first-order valence-electron chi connectivity index (χ1n) is 9.84. The number of nitrogens with one attached hydrogen (secondary N) is 2. The summed E-state index contributed by atoms with van der Waals surface area (Å²) >= 11 is 0. The Morgan fingerprint density at radius 3 is 2.54 bits per heavy atom. The fourth-order valence-corrected chi connectivity index (χ4v) is 3.92. The highest BCUT2D eigenvalue weighted by Gasteiger charge is 2.20. The molecular weight excluding hydrogens is 350 g/mol. The monoisotopic (exact) mass is 373 g/mol. The molecule has 0 atom stereocenters. The maximum Gasteiger partial charge on any atom is 0.282 e. The summed E-state index contributed by atoms with van der Waals surface area (Å²) in [6.07, 6.45) is 2.74. The van der Waals surface area contributed by atoms with Crippen molar-refractivity contribution in [3.8, 4) is 16.9 Å². The molecule has 2 aromatic carbocycles. The summed E-state index contributed by atoms with van der Waals surface area (Å²) in [6, 6.07) is 14.4. The van der Waals surface area contributed by atoms with E-state index in [2.05, 4.69) is 40.3 Å². The van der Waals surface area contributed by atoms with E-state index in [1.807, 2.05) is 24.3 Å². The van der Waals surface area contributed by atoms with Crippen molar-refractivity contribution in [1.82, 2.24) is 20.1 Å². The van der Waals surface area contributed by atoms with E-state index >= 15 is 0 Å². The largest absolute Gasteiger partial charge is 0.369 e. The summed E-state index contributed by atoms with van der Waals surface area (Å²) in [4.78, 5) is 18.6. The lowest BCUT2D eigenvalue weighted by Crippen LogP contribution is -2.43. The van der Waals surface area contributed by atoms with Crippen molar-refractivity contribution in [3.63, 3.8) is 0 Å². The van der Waals surface area contributed by atoms with Gasteiger partial charge in [0.05, 0.1) is 11.3 Å². The van der Waals surface area contributed by atoms with Crippen LogP contribution in [0.1, 0.15) is 12.5 Å². The minimum Gasteiger partial charge on any atom is -0.369 e. The molecule has 3 aliphatic rings. The van der Waals surface area contributed by atoms with E-state index in [0.717, 1.165) is 54.9 Å². The topological polar surface area (TPSA) is 66.0 Å². The van der Waals surface area contributed by atoms with Gasteiger partial charge in [0.25, 0.3) is 5.56 Å². The van der Waals surface area contributed by atoms with Gasteiger partial charge in [-0.3, -0.25) is 4.79 Å². The molecule has 6 nitrogen and oxygen atoms in total. The third-order valence-corrected chi connectivity index (χ3v) is 5.58. The Kier molecular flexibility index (Phi) is 4.13. The van der Waals surface area contributed by atoms with Gasteiger partial charge in [0.1, 0.15) is 5.69 Å². The molecule has 5 rings (SSSR count). The predicted molar refractivity (Wildman–Crippen MR) is 113 cm³/mol. The quantitative estimate of drug-likeness (QED) is 0.580. The zero-order valence-electron chi connectivity index (χ0n) is 15.9. The van der Waals surface area contributed by atoms with Crippen molar-refractivity contribution in [2.24, 2.45) is 0 Å². The number of hydrogen-bond donors (Lipinski definition) is 2. The summed E-state index contributed by atoms with van der Waals surface area (Å²) in [6.45, 7) is 6.06. The number of hydrogen-bond acceptors (Lipinski definition) is 4. The van der Waals surface area contributed by atoms with Gasteiger partial charge in [-0.25, -0.2) is 0 Å². The third kappa shape index (κ3) is 2.77. The molecule has 0 bridgehead atoms. The second kappa shape index (κ2) is 6.80. The van der Waals surface area contributed by atoms with Crippen LogP contribution in [0.15, 0.2) is 53.5 Å². The molecule has 142 valence electrons. The van der Waals surface area contributed by atoms with Crippen molar-refractivity contribution < 1.29 is 0 Å². The minimum atomic E-state index is -0.0926. The van der Waals surface area contributed by atoms with E-state index in [1.165, 1.54) is 15.9 Å². The average Bonchev–Trinajstić information content (AvgIpc) is 3.11.